The average molecular weight is 353 g/mol. The second-order valence-corrected chi connectivity index (χ2v) is 7.86. The van der Waals surface area contributed by atoms with Gasteiger partial charge in [-0.05, 0) is 24.5 Å². The van der Waals surface area contributed by atoms with Crippen LogP contribution in [-0.2, 0) is 14.3 Å². The van der Waals surface area contributed by atoms with Crippen molar-refractivity contribution in [2.75, 3.05) is 6.61 Å². The Morgan fingerprint density at radius 3 is 2.00 bits per heavy atom. The number of rotatable bonds is 12. The van der Waals surface area contributed by atoms with Gasteiger partial charge < -0.3 is 2.85 Å². The topological polar surface area (TPSA) is 43.4 Å². The molecule has 1 rings (SSSR count). The molecule has 0 aliphatic heterocycles. The molecule has 0 radical (unpaired) electrons. The molecule has 3 nitrogen and oxygen atoms in total. The average Bonchev–Trinajstić information content (AvgIpc) is 2.49. The van der Waals surface area contributed by atoms with Crippen LogP contribution in [0.5, 0.6) is 0 Å². The Bertz CT molecular complexity index is 496. The van der Waals surface area contributed by atoms with Crippen molar-refractivity contribution in [2.45, 2.75) is 70.1 Å². The van der Waals surface area contributed by atoms with Crippen molar-refractivity contribution in [1.29, 1.82) is 0 Å². The van der Waals surface area contributed by atoms with Crippen molar-refractivity contribution in [2.24, 2.45) is 5.92 Å². The van der Waals surface area contributed by atoms with E-state index >= 15 is 0 Å². The van der Waals surface area contributed by atoms with Gasteiger partial charge in [-0.25, -0.2) is 0 Å². The largest absolute Gasteiger partial charge is 2.00 e. The molecule has 0 bridgehead atoms. The summed E-state index contributed by atoms with van der Waals surface area (Å²) in [7, 11) is -3.57. The zero-order chi connectivity index (χ0) is 16.3. The zero-order valence-electron chi connectivity index (χ0n) is 16.7. The van der Waals surface area contributed by atoms with Gasteiger partial charge in [-0.2, -0.15) is 8.42 Å². The standard InChI is InChI=1S/C18H30O3S.Mg.2H/c1-17(2)13-9-6-4-3-5-7-12-16-21-22(19,20)18-14-10-8-11-15-18;;;/h8,10-11,14-15,17H,3-7,9,12-13,16H2,1-2H3;;;/q;+2;2*-1. The molecule has 0 amide bonds. The fraction of sp³-hybridized carbons (Fsp3) is 0.667. The van der Waals surface area contributed by atoms with Crippen molar-refractivity contribution in [1.82, 2.24) is 0 Å². The molecule has 1 aromatic carbocycles. The molecule has 5 heteroatoms. The van der Waals surface area contributed by atoms with Crippen molar-refractivity contribution in [3.05, 3.63) is 30.3 Å². The molecule has 0 heterocycles. The summed E-state index contributed by atoms with van der Waals surface area (Å²) in [6, 6.07) is 8.32. The second-order valence-electron chi connectivity index (χ2n) is 6.25. The third-order valence-electron chi connectivity index (χ3n) is 3.70. The van der Waals surface area contributed by atoms with Gasteiger partial charge in [-0.3, -0.25) is 4.18 Å². The summed E-state index contributed by atoms with van der Waals surface area (Å²) < 4.78 is 28.8. The maximum atomic E-state index is 11.9. The number of hydrogen-bond acceptors (Lipinski definition) is 3. The first kappa shape index (κ1) is 22.9. The van der Waals surface area contributed by atoms with E-state index in [1.165, 1.54) is 32.1 Å². The van der Waals surface area contributed by atoms with Crippen LogP contribution in [0.2, 0.25) is 0 Å². The SMILES string of the molecule is CC(C)CCCCCCCCCOS(=O)(=O)c1ccccc1.[H-].[H-].[Mg+2]. The fourth-order valence-corrected chi connectivity index (χ4v) is 3.33. The van der Waals surface area contributed by atoms with Gasteiger partial charge in [0.1, 0.15) is 0 Å². The van der Waals surface area contributed by atoms with E-state index in [0.717, 1.165) is 25.2 Å². The summed E-state index contributed by atoms with van der Waals surface area (Å²) >= 11 is 0. The second kappa shape index (κ2) is 13.2. The fourth-order valence-electron chi connectivity index (χ4n) is 2.36. The van der Waals surface area contributed by atoms with Crippen LogP contribution in [0.3, 0.4) is 0 Å². The predicted molar refractivity (Wildman–Crippen MR) is 99.3 cm³/mol. The smallest absolute Gasteiger partial charge is 1.00 e. The Hall–Kier alpha value is -0.104. The molecule has 0 saturated carbocycles. The Morgan fingerprint density at radius 1 is 0.913 bits per heavy atom. The van der Waals surface area contributed by atoms with Gasteiger partial charge in [0, 0.05) is 0 Å². The minimum absolute atomic E-state index is 0. The summed E-state index contributed by atoms with van der Waals surface area (Å²) in [4.78, 5) is 0.236. The summed E-state index contributed by atoms with van der Waals surface area (Å²) in [6.45, 7) is 4.82. The van der Waals surface area contributed by atoms with E-state index in [4.69, 9.17) is 4.18 Å². The van der Waals surface area contributed by atoms with Crippen LogP contribution >= 0.6 is 0 Å². The molecular formula is C18H32MgO3S. The molecule has 23 heavy (non-hydrogen) atoms. The summed E-state index contributed by atoms with van der Waals surface area (Å²) in [5.41, 5.74) is 0. The predicted octanol–water partition coefficient (Wildman–Crippen LogP) is 5.01. The van der Waals surface area contributed by atoms with E-state index in [0.29, 0.717) is 0 Å². The molecule has 0 unspecified atom stereocenters. The molecule has 0 aliphatic carbocycles. The number of benzene rings is 1. The van der Waals surface area contributed by atoms with Crippen LogP contribution < -0.4 is 0 Å². The molecule has 0 saturated heterocycles. The van der Waals surface area contributed by atoms with Crippen molar-refractivity contribution < 1.29 is 15.5 Å². The summed E-state index contributed by atoms with van der Waals surface area (Å²) in [5.74, 6) is 0.809. The van der Waals surface area contributed by atoms with Gasteiger partial charge in [0.25, 0.3) is 10.1 Å². The van der Waals surface area contributed by atoms with E-state index in [1.807, 2.05) is 0 Å². The van der Waals surface area contributed by atoms with E-state index in [-0.39, 0.29) is 37.4 Å². The Morgan fingerprint density at radius 2 is 1.43 bits per heavy atom. The van der Waals surface area contributed by atoms with Crippen LogP contribution in [0.4, 0.5) is 0 Å². The Kier molecular flexibility index (Phi) is 13.2. The van der Waals surface area contributed by atoms with Crippen LogP contribution in [-0.4, -0.2) is 38.1 Å². The van der Waals surface area contributed by atoms with Crippen LogP contribution in [0.15, 0.2) is 35.2 Å². The summed E-state index contributed by atoms with van der Waals surface area (Å²) in [5, 5.41) is 0. The molecule has 0 atom stereocenters. The van der Waals surface area contributed by atoms with E-state index in [2.05, 4.69) is 13.8 Å². The van der Waals surface area contributed by atoms with Gasteiger partial charge in [0.05, 0.1) is 11.5 Å². The number of hydrogen-bond donors (Lipinski definition) is 0. The minimum Gasteiger partial charge on any atom is -1.00 e. The first-order chi connectivity index (χ1) is 10.5. The van der Waals surface area contributed by atoms with E-state index < -0.39 is 10.1 Å². The molecule has 0 spiro atoms. The maximum absolute atomic E-state index is 11.9. The Balaban J connectivity index is -0.00000161. The van der Waals surface area contributed by atoms with Gasteiger partial charge in [-0.15, -0.1) is 0 Å². The molecular weight excluding hydrogens is 321 g/mol. The quantitative estimate of drug-likeness (QED) is 0.301. The minimum atomic E-state index is -3.57. The van der Waals surface area contributed by atoms with Crippen LogP contribution in [0.1, 0.15) is 68.1 Å². The number of unbranched alkanes of at least 4 members (excludes halogenated alkanes) is 6. The molecule has 0 aromatic heterocycles. The van der Waals surface area contributed by atoms with Crippen molar-refractivity contribution in [3.63, 3.8) is 0 Å². The Labute approximate surface area is 161 Å². The van der Waals surface area contributed by atoms with Crippen molar-refractivity contribution in [3.8, 4) is 0 Å². The first-order valence-corrected chi connectivity index (χ1v) is 9.87. The molecule has 0 N–H and O–H groups in total. The van der Waals surface area contributed by atoms with Gasteiger partial charge >= 0.3 is 23.1 Å². The van der Waals surface area contributed by atoms with Gasteiger partial charge in [-0.1, -0.05) is 77.0 Å². The summed E-state index contributed by atoms with van der Waals surface area (Å²) in [6.07, 6.45) is 9.50. The third kappa shape index (κ3) is 11.1. The van der Waals surface area contributed by atoms with Crippen LogP contribution in [0, 0.1) is 5.92 Å². The molecule has 0 aliphatic rings. The van der Waals surface area contributed by atoms with Gasteiger partial charge in [0.2, 0.25) is 0 Å². The van der Waals surface area contributed by atoms with Crippen LogP contribution in [0.25, 0.3) is 0 Å². The zero-order valence-corrected chi connectivity index (χ0v) is 16.9. The maximum Gasteiger partial charge on any atom is 2.00 e. The van der Waals surface area contributed by atoms with Crippen molar-refractivity contribution >= 4 is 33.2 Å². The third-order valence-corrected chi connectivity index (χ3v) is 5.02. The molecule has 130 valence electrons. The first-order valence-electron chi connectivity index (χ1n) is 8.47. The van der Waals surface area contributed by atoms with E-state index in [9.17, 15) is 8.42 Å². The monoisotopic (exact) mass is 352 g/mol. The normalized spacial score (nSPS) is 11.4. The molecule has 0 fully saturated rings. The van der Waals surface area contributed by atoms with Gasteiger partial charge in [0.15, 0.2) is 0 Å². The molecule has 1 aromatic rings. The van der Waals surface area contributed by atoms with E-state index in [1.54, 1.807) is 30.3 Å².